The molecule has 0 aromatic carbocycles. The number of piperidine rings is 1. The monoisotopic (exact) mass is 262 g/mol. The highest BCUT2D eigenvalue weighted by Crippen LogP contribution is 2.23. The molecule has 2 N–H and O–H groups in total. The number of anilines is 1. The summed E-state index contributed by atoms with van der Waals surface area (Å²) in [5, 5.41) is 0. The molecule has 1 unspecified atom stereocenters. The summed E-state index contributed by atoms with van der Waals surface area (Å²) in [4.78, 5) is 21.9. The predicted molar refractivity (Wildman–Crippen MR) is 74.8 cm³/mol. The molecule has 0 saturated carbocycles. The molecule has 1 aromatic heterocycles. The lowest BCUT2D eigenvalue weighted by atomic mass is 9.93. The summed E-state index contributed by atoms with van der Waals surface area (Å²) in [5.74, 6) is 1.12. The summed E-state index contributed by atoms with van der Waals surface area (Å²) in [5.41, 5.74) is 6.37. The van der Waals surface area contributed by atoms with Crippen molar-refractivity contribution in [1.82, 2.24) is 9.97 Å². The van der Waals surface area contributed by atoms with Gasteiger partial charge in [0.2, 0.25) is 11.9 Å². The highest BCUT2D eigenvalue weighted by molar-refractivity contribution is 5.73. The van der Waals surface area contributed by atoms with Crippen molar-refractivity contribution in [2.75, 3.05) is 18.0 Å². The Morgan fingerprint density at radius 3 is 2.84 bits per heavy atom. The van der Waals surface area contributed by atoms with Crippen LogP contribution in [0.4, 0.5) is 5.95 Å². The van der Waals surface area contributed by atoms with E-state index in [2.05, 4.69) is 21.8 Å². The first-order valence-corrected chi connectivity index (χ1v) is 7.03. The minimum Gasteiger partial charge on any atom is -0.370 e. The third-order valence-electron chi connectivity index (χ3n) is 3.70. The van der Waals surface area contributed by atoms with E-state index in [1.807, 2.05) is 12.4 Å². The Hall–Kier alpha value is -1.65. The first kappa shape index (κ1) is 13.8. The van der Waals surface area contributed by atoms with Gasteiger partial charge in [0.05, 0.1) is 0 Å². The predicted octanol–water partition coefficient (Wildman–Crippen LogP) is 1.52. The van der Waals surface area contributed by atoms with Crippen molar-refractivity contribution >= 4 is 11.9 Å². The van der Waals surface area contributed by atoms with Crippen LogP contribution in [0.25, 0.3) is 0 Å². The molecule has 1 saturated heterocycles. The molecule has 104 valence electrons. The Morgan fingerprint density at radius 1 is 1.47 bits per heavy atom. The number of aromatic nitrogens is 2. The van der Waals surface area contributed by atoms with Gasteiger partial charge in [0.25, 0.3) is 0 Å². The van der Waals surface area contributed by atoms with Crippen molar-refractivity contribution < 1.29 is 4.79 Å². The average molecular weight is 262 g/mol. The van der Waals surface area contributed by atoms with E-state index in [4.69, 9.17) is 5.73 Å². The summed E-state index contributed by atoms with van der Waals surface area (Å²) in [6.07, 6.45) is 8.40. The number of nitrogens with zero attached hydrogens (tertiary/aromatic N) is 3. The molecule has 0 radical (unpaired) electrons. The van der Waals surface area contributed by atoms with Gasteiger partial charge >= 0.3 is 0 Å². The topological polar surface area (TPSA) is 72.1 Å². The van der Waals surface area contributed by atoms with Crippen molar-refractivity contribution in [2.45, 2.75) is 39.0 Å². The number of nitrogens with two attached hydrogens (primary N) is 1. The Morgan fingerprint density at radius 2 is 2.21 bits per heavy atom. The number of amides is 1. The van der Waals surface area contributed by atoms with Gasteiger partial charge in [-0.3, -0.25) is 4.79 Å². The van der Waals surface area contributed by atoms with E-state index in [-0.39, 0.29) is 5.91 Å². The van der Waals surface area contributed by atoms with E-state index >= 15 is 0 Å². The molecule has 0 bridgehead atoms. The van der Waals surface area contributed by atoms with Crippen LogP contribution in [0.1, 0.15) is 38.2 Å². The number of hydrogen-bond donors (Lipinski definition) is 1. The second kappa shape index (κ2) is 6.50. The maximum Gasteiger partial charge on any atom is 0.225 e. The number of carbonyl (C=O) groups is 1. The van der Waals surface area contributed by atoms with Gasteiger partial charge < -0.3 is 10.6 Å². The lowest BCUT2D eigenvalue weighted by Crippen LogP contribution is -2.36. The van der Waals surface area contributed by atoms with E-state index in [0.29, 0.717) is 12.3 Å². The standard InChI is InChI=1S/C14H22N4O/c1-2-11-8-16-14(17-9-11)18-7-3-4-12(10-18)5-6-13(15)19/h8-9,12H,2-7,10H2,1H3,(H2,15,19). The highest BCUT2D eigenvalue weighted by atomic mass is 16.1. The van der Waals surface area contributed by atoms with Gasteiger partial charge in [0.15, 0.2) is 0 Å². The van der Waals surface area contributed by atoms with Crippen LogP contribution in [0.2, 0.25) is 0 Å². The quantitative estimate of drug-likeness (QED) is 0.873. The molecule has 1 amide bonds. The highest BCUT2D eigenvalue weighted by Gasteiger charge is 2.21. The molecule has 1 fully saturated rings. The van der Waals surface area contributed by atoms with Crippen molar-refractivity contribution in [2.24, 2.45) is 11.7 Å². The minimum atomic E-state index is -0.208. The number of aryl methyl sites for hydroxylation is 1. The number of primary amides is 1. The first-order valence-electron chi connectivity index (χ1n) is 7.03. The summed E-state index contributed by atoms with van der Waals surface area (Å²) in [6, 6.07) is 0. The Balaban J connectivity index is 1.94. The second-order valence-electron chi connectivity index (χ2n) is 5.20. The minimum absolute atomic E-state index is 0.208. The van der Waals surface area contributed by atoms with Gasteiger partial charge in [-0.2, -0.15) is 0 Å². The van der Waals surface area contributed by atoms with E-state index in [0.717, 1.165) is 50.3 Å². The third kappa shape index (κ3) is 3.91. The van der Waals surface area contributed by atoms with Gasteiger partial charge in [0, 0.05) is 31.9 Å². The molecule has 2 heterocycles. The van der Waals surface area contributed by atoms with Gasteiger partial charge in [-0.05, 0) is 37.2 Å². The zero-order valence-corrected chi connectivity index (χ0v) is 11.5. The van der Waals surface area contributed by atoms with Gasteiger partial charge in [0.1, 0.15) is 0 Å². The Bertz CT molecular complexity index is 418. The Kier molecular flexibility index (Phi) is 4.71. The molecule has 1 aliphatic rings. The van der Waals surface area contributed by atoms with Gasteiger partial charge in [-0.15, -0.1) is 0 Å². The Labute approximate surface area is 114 Å². The molecule has 2 rings (SSSR count). The van der Waals surface area contributed by atoms with Gasteiger partial charge in [-0.1, -0.05) is 6.92 Å². The molecule has 19 heavy (non-hydrogen) atoms. The van der Waals surface area contributed by atoms with Crippen molar-refractivity contribution in [3.8, 4) is 0 Å². The molecule has 1 aliphatic heterocycles. The maximum absolute atomic E-state index is 10.8. The van der Waals surface area contributed by atoms with Crippen LogP contribution < -0.4 is 10.6 Å². The number of carbonyl (C=O) groups excluding carboxylic acids is 1. The lowest BCUT2D eigenvalue weighted by Gasteiger charge is -2.32. The molecular weight excluding hydrogens is 240 g/mol. The zero-order chi connectivity index (χ0) is 13.7. The summed E-state index contributed by atoms with van der Waals surface area (Å²) in [6.45, 7) is 4.02. The van der Waals surface area contributed by atoms with Crippen LogP contribution in [0, 0.1) is 5.92 Å². The van der Waals surface area contributed by atoms with Crippen LogP contribution in [-0.2, 0) is 11.2 Å². The van der Waals surface area contributed by atoms with Gasteiger partial charge in [-0.25, -0.2) is 9.97 Å². The molecule has 1 aromatic rings. The van der Waals surface area contributed by atoms with Crippen LogP contribution >= 0.6 is 0 Å². The van der Waals surface area contributed by atoms with Crippen LogP contribution in [0.15, 0.2) is 12.4 Å². The summed E-state index contributed by atoms with van der Waals surface area (Å²) in [7, 11) is 0. The molecule has 0 spiro atoms. The fourth-order valence-corrected chi connectivity index (χ4v) is 2.52. The van der Waals surface area contributed by atoms with E-state index in [1.165, 1.54) is 0 Å². The normalized spacial score (nSPS) is 19.4. The zero-order valence-electron chi connectivity index (χ0n) is 11.5. The largest absolute Gasteiger partial charge is 0.370 e. The lowest BCUT2D eigenvalue weighted by molar-refractivity contribution is -0.118. The fourth-order valence-electron chi connectivity index (χ4n) is 2.52. The smallest absolute Gasteiger partial charge is 0.225 e. The van der Waals surface area contributed by atoms with Crippen molar-refractivity contribution in [3.63, 3.8) is 0 Å². The van der Waals surface area contributed by atoms with Crippen molar-refractivity contribution in [3.05, 3.63) is 18.0 Å². The van der Waals surface area contributed by atoms with E-state index in [1.54, 1.807) is 0 Å². The van der Waals surface area contributed by atoms with Crippen LogP contribution in [0.5, 0.6) is 0 Å². The number of rotatable bonds is 5. The molecular formula is C14H22N4O. The van der Waals surface area contributed by atoms with Crippen LogP contribution in [0.3, 0.4) is 0 Å². The first-order chi connectivity index (χ1) is 9.19. The third-order valence-corrected chi connectivity index (χ3v) is 3.70. The average Bonchev–Trinajstić information content (AvgIpc) is 2.45. The molecule has 0 aliphatic carbocycles. The fraction of sp³-hybridized carbons (Fsp3) is 0.643. The van der Waals surface area contributed by atoms with Crippen LogP contribution in [-0.4, -0.2) is 29.0 Å². The molecule has 5 nitrogen and oxygen atoms in total. The SMILES string of the molecule is CCc1cnc(N2CCCC(CCC(N)=O)C2)nc1. The van der Waals surface area contributed by atoms with E-state index < -0.39 is 0 Å². The second-order valence-corrected chi connectivity index (χ2v) is 5.20. The molecule has 5 heteroatoms. The number of hydrogen-bond acceptors (Lipinski definition) is 4. The van der Waals surface area contributed by atoms with Crippen molar-refractivity contribution in [1.29, 1.82) is 0 Å². The summed E-state index contributed by atoms with van der Waals surface area (Å²) >= 11 is 0. The summed E-state index contributed by atoms with van der Waals surface area (Å²) < 4.78 is 0. The maximum atomic E-state index is 10.8. The van der Waals surface area contributed by atoms with E-state index in [9.17, 15) is 4.79 Å². The molecule has 1 atom stereocenters.